The van der Waals surface area contributed by atoms with E-state index in [9.17, 15) is 17.6 Å². The van der Waals surface area contributed by atoms with Crippen LogP contribution in [0.1, 0.15) is 24.1 Å². The molecule has 0 spiro atoms. The molecule has 29 heavy (non-hydrogen) atoms. The molecule has 4 nitrogen and oxygen atoms in total. The molecule has 0 aromatic heterocycles. The highest BCUT2D eigenvalue weighted by atomic mass is 19.4. The van der Waals surface area contributed by atoms with E-state index in [1.54, 1.807) is 14.2 Å². The molecule has 1 heterocycles. The lowest BCUT2D eigenvalue weighted by Gasteiger charge is -2.39. The maximum absolute atomic E-state index is 13.5. The van der Waals surface area contributed by atoms with Gasteiger partial charge in [-0.15, -0.1) is 0 Å². The van der Waals surface area contributed by atoms with Crippen LogP contribution >= 0.6 is 0 Å². The predicted molar refractivity (Wildman–Crippen MR) is 103 cm³/mol. The van der Waals surface area contributed by atoms with Crippen molar-refractivity contribution in [3.05, 3.63) is 53.3 Å². The van der Waals surface area contributed by atoms with Crippen LogP contribution in [-0.2, 0) is 6.18 Å². The van der Waals surface area contributed by atoms with Gasteiger partial charge in [0.2, 0.25) is 0 Å². The monoisotopic (exact) mass is 412 g/mol. The van der Waals surface area contributed by atoms with Crippen LogP contribution in [0.5, 0.6) is 11.5 Å². The molecule has 0 bridgehead atoms. The molecule has 1 saturated heterocycles. The summed E-state index contributed by atoms with van der Waals surface area (Å²) in [6.45, 7) is 4.54. The lowest BCUT2D eigenvalue weighted by atomic mass is 10.0. The quantitative estimate of drug-likeness (QED) is 0.662. The van der Waals surface area contributed by atoms with E-state index in [4.69, 9.17) is 9.47 Å². The van der Waals surface area contributed by atoms with Crippen molar-refractivity contribution in [2.45, 2.75) is 19.1 Å². The van der Waals surface area contributed by atoms with E-state index in [0.29, 0.717) is 43.4 Å². The van der Waals surface area contributed by atoms with E-state index in [-0.39, 0.29) is 6.04 Å². The first-order valence-electron chi connectivity index (χ1n) is 9.32. The van der Waals surface area contributed by atoms with Crippen LogP contribution in [0.4, 0.5) is 23.2 Å². The molecule has 0 saturated carbocycles. The number of nitrogens with zero attached hydrogens (tertiary/aromatic N) is 2. The molecule has 1 atom stereocenters. The van der Waals surface area contributed by atoms with Crippen molar-refractivity contribution in [2.75, 3.05) is 45.3 Å². The van der Waals surface area contributed by atoms with Gasteiger partial charge in [0.05, 0.1) is 19.8 Å². The van der Waals surface area contributed by atoms with Crippen LogP contribution in [0.25, 0.3) is 0 Å². The predicted octanol–water partition coefficient (Wildman–Crippen LogP) is 4.74. The number of hydrogen-bond acceptors (Lipinski definition) is 4. The van der Waals surface area contributed by atoms with Gasteiger partial charge in [0, 0.05) is 37.9 Å². The van der Waals surface area contributed by atoms with E-state index < -0.39 is 17.6 Å². The molecule has 0 N–H and O–H groups in total. The number of hydrogen-bond donors (Lipinski definition) is 0. The summed E-state index contributed by atoms with van der Waals surface area (Å²) in [4.78, 5) is 4.11. The van der Waals surface area contributed by atoms with Gasteiger partial charge in [-0.25, -0.2) is 4.39 Å². The second-order valence-electron chi connectivity index (χ2n) is 6.98. The maximum Gasteiger partial charge on any atom is 0.419 e. The molecule has 0 unspecified atom stereocenters. The van der Waals surface area contributed by atoms with Gasteiger partial charge in [-0.2, -0.15) is 13.2 Å². The molecule has 2 aromatic carbocycles. The SMILES string of the molecule is COc1ccc([C@H](C)N2CCN(c3ccc(F)c(C(F)(F)F)c3)CC2)cc1OC. The number of benzene rings is 2. The summed E-state index contributed by atoms with van der Waals surface area (Å²) in [7, 11) is 3.17. The van der Waals surface area contributed by atoms with Crippen LogP contribution in [0.2, 0.25) is 0 Å². The topological polar surface area (TPSA) is 24.9 Å². The van der Waals surface area contributed by atoms with E-state index in [2.05, 4.69) is 11.8 Å². The highest BCUT2D eigenvalue weighted by molar-refractivity contribution is 5.50. The normalized spacial score (nSPS) is 16.6. The second-order valence-corrected chi connectivity index (χ2v) is 6.98. The van der Waals surface area contributed by atoms with E-state index in [1.807, 2.05) is 23.1 Å². The first-order chi connectivity index (χ1) is 13.7. The Bertz CT molecular complexity index is 849. The standard InChI is InChI=1S/C21H24F4N2O2/c1-14(15-4-7-19(28-2)20(12-15)29-3)26-8-10-27(11-9-26)16-5-6-18(22)17(13-16)21(23,24)25/h4-7,12-14H,8-11H2,1-3H3/t14-/m0/s1. The fraction of sp³-hybridized carbons (Fsp3) is 0.429. The summed E-state index contributed by atoms with van der Waals surface area (Å²) in [5.74, 6) is 0.0634. The fourth-order valence-corrected chi connectivity index (χ4v) is 3.62. The molecule has 0 aliphatic carbocycles. The number of rotatable bonds is 5. The highest BCUT2D eigenvalue weighted by Gasteiger charge is 2.35. The number of methoxy groups -OCH3 is 2. The van der Waals surface area contributed by atoms with Gasteiger partial charge >= 0.3 is 6.18 Å². The Balaban J connectivity index is 1.69. The Morgan fingerprint density at radius 2 is 1.55 bits per heavy atom. The summed E-state index contributed by atoms with van der Waals surface area (Å²) in [6, 6.07) is 9.06. The average molecular weight is 412 g/mol. The lowest BCUT2D eigenvalue weighted by Crippen LogP contribution is -2.47. The van der Waals surface area contributed by atoms with Crippen molar-refractivity contribution < 1.29 is 27.0 Å². The van der Waals surface area contributed by atoms with Crippen LogP contribution in [0.15, 0.2) is 36.4 Å². The van der Waals surface area contributed by atoms with Crippen molar-refractivity contribution in [1.29, 1.82) is 0 Å². The molecule has 8 heteroatoms. The maximum atomic E-state index is 13.5. The van der Waals surface area contributed by atoms with Gasteiger partial charge < -0.3 is 14.4 Å². The van der Waals surface area contributed by atoms with Crippen molar-refractivity contribution in [3.8, 4) is 11.5 Å². The Morgan fingerprint density at radius 1 is 0.897 bits per heavy atom. The number of piperazine rings is 1. The van der Waals surface area contributed by atoms with E-state index in [1.165, 1.54) is 6.07 Å². The molecule has 2 aromatic rings. The summed E-state index contributed by atoms with van der Waals surface area (Å²) < 4.78 is 63.1. The van der Waals surface area contributed by atoms with Crippen molar-refractivity contribution >= 4 is 5.69 Å². The van der Waals surface area contributed by atoms with Crippen LogP contribution in [0.3, 0.4) is 0 Å². The Morgan fingerprint density at radius 3 is 2.14 bits per heavy atom. The molecule has 1 fully saturated rings. The second kappa shape index (κ2) is 8.49. The zero-order chi connectivity index (χ0) is 21.2. The molecule has 0 amide bonds. The van der Waals surface area contributed by atoms with Crippen molar-refractivity contribution in [3.63, 3.8) is 0 Å². The van der Waals surface area contributed by atoms with E-state index in [0.717, 1.165) is 17.7 Å². The van der Waals surface area contributed by atoms with Gasteiger partial charge in [0.25, 0.3) is 0 Å². The van der Waals surface area contributed by atoms with E-state index >= 15 is 0 Å². The van der Waals surface area contributed by atoms with Gasteiger partial charge in [-0.3, -0.25) is 4.90 Å². The number of alkyl halides is 3. The number of halogens is 4. The molecule has 1 aliphatic rings. The minimum Gasteiger partial charge on any atom is -0.493 e. The van der Waals surface area contributed by atoms with Gasteiger partial charge in [-0.1, -0.05) is 6.07 Å². The Labute approximate surface area is 167 Å². The van der Waals surface area contributed by atoms with Crippen LogP contribution < -0.4 is 14.4 Å². The molecule has 1 aliphatic heterocycles. The zero-order valence-corrected chi connectivity index (χ0v) is 16.6. The van der Waals surface area contributed by atoms with Crippen molar-refractivity contribution in [1.82, 2.24) is 4.90 Å². The third-order valence-electron chi connectivity index (χ3n) is 5.37. The summed E-state index contributed by atoms with van der Waals surface area (Å²) >= 11 is 0. The number of ether oxygens (including phenoxy) is 2. The van der Waals surface area contributed by atoms with Gasteiger partial charge in [-0.05, 0) is 42.8 Å². The van der Waals surface area contributed by atoms with Crippen LogP contribution in [0, 0.1) is 5.82 Å². The lowest BCUT2D eigenvalue weighted by molar-refractivity contribution is -0.139. The molecule has 3 rings (SSSR count). The molecule has 0 radical (unpaired) electrons. The first-order valence-corrected chi connectivity index (χ1v) is 9.32. The minimum atomic E-state index is -4.70. The Kier molecular flexibility index (Phi) is 6.21. The van der Waals surface area contributed by atoms with Crippen molar-refractivity contribution in [2.24, 2.45) is 0 Å². The summed E-state index contributed by atoms with van der Waals surface area (Å²) in [5.41, 5.74) is 0.227. The zero-order valence-electron chi connectivity index (χ0n) is 16.6. The highest BCUT2D eigenvalue weighted by Crippen LogP contribution is 2.35. The third-order valence-corrected chi connectivity index (χ3v) is 5.37. The average Bonchev–Trinajstić information content (AvgIpc) is 2.72. The largest absolute Gasteiger partial charge is 0.493 e. The number of anilines is 1. The van der Waals surface area contributed by atoms with Crippen LogP contribution in [-0.4, -0.2) is 45.3 Å². The summed E-state index contributed by atoms with van der Waals surface area (Å²) in [6.07, 6.45) is -4.70. The Hall–Kier alpha value is -2.48. The molecule has 158 valence electrons. The minimum absolute atomic E-state index is 0.107. The smallest absolute Gasteiger partial charge is 0.419 e. The molecular formula is C21H24F4N2O2. The fourth-order valence-electron chi connectivity index (χ4n) is 3.62. The van der Waals surface area contributed by atoms with Gasteiger partial charge in [0.1, 0.15) is 5.82 Å². The molecular weight excluding hydrogens is 388 g/mol. The third kappa shape index (κ3) is 4.58. The van der Waals surface area contributed by atoms with Gasteiger partial charge in [0.15, 0.2) is 11.5 Å². The first kappa shape index (κ1) is 21.2. The summed E-state index contributed by atoms with van der Waals surface area (Å²) in [5, 5.41) is 0.